The van der Waals surface area contributed by atoms with E-state index >= 15 is 0 Å². The van der Waals surface area contributed by atoms with Crippen LogP contribution in [0.1, 0.15) is 11.3 Å². The van der Waals surface area contributed by atoms with Gasteiger partial charge in [-0.2, -0.15) is 5.10 Å². The van der Waals surface area contributed by atoms with Crippen LogP contribution in [-0.2, 0) is 4.79 Å². The Morgan fingerprint density at radius 1 is 1.08 bits per heavy atom. The number of carbonyl (C=O) groups is 1. The monoisotopic (exact) mass is 334 g/mol. The summed E-state index contributed by atoms with van der Waals surface area (Å²) in [6, 6.07) is 15.8. The molecule has 0 bridgehead atoms. The van der Waals surface area contributed by atoms with E-state index in [2.05, 4.69) is 20.5 Å². The fourth-order valence-electron chi connectivity index (χ4n) is 2.51. The number of hydrogen-bond donors (Lipinski definition) is 2. The number of amides is 1. The molecule has 0 spiro atoms. The van der Waals surface area contributed by atoms with Crippen molar-refractivity contribution in [3.63, 3.8) is 0 Å². The topological polar surface area (TPSA) is 70.1 Å². The van der Waals surface area contributed by atoms with E-state index in [0.717, 1.165) is 27.8 Å². The molecule has 0 radical (unpaired) electrons. The van der Waals surface area contributed by atoms with Crippen LogP contribution in [0, 0.1) is 0 Å². The number of rotatable bonds is 3. The predicted molar refractivity (Wildman–Crippen MR) is 99.2 cm³/mol. The minimum Gasteiger partial charge on any atom is -0.304 e. The van der Waals surface area contributed by atoms with Crippen LogP contribution in [0.25, 0.3) is 23.1 Å². The average molecular weight is 334 g/mol. The van der Waals surface area contributed by atoms with Gasteiger partial charge in [0.05, 0.1) is 22.7 Å². The smallest absolute Gasteiger partial charge is 0.236 e. The van der Waals surface area contributed by atoms with Gasteiger partial charge in [0.25, 0.3) is 0 Å². The van der Waals surface area contributed by atoms with E-state index in [0.29, 0.717) is 10.9 Å². The first-order valence-electron chi connectivity index (χ1n) is 7.51. The number of para-hydroxylation sites is 2. The maximum absolute atomic E-state index is 11.3. The van der Waals surface area contributed by atoms with Gasteiger partial charge >= 0.3 is 0 Å². The Labute approximate surface area is 142 Å². The van der Waals surface area contributed by atoms with Crippen LogP contribution in [0.5, 0.6) is 0 Å². The first-order chi connectivity index (χ1) is 11.8. The molecule has 1 fully saturated rings. The van der Waals surface area contributed by atoms with Crippen molar-refractivity contribution in [1.82, 2.24) is 15.5 Å². The van der Waals surface area contributed by atoms with Gasteiger partial charge in [0.2, 0.25) is 5.91 Å². The lowest BCUT2D eigenvalue weighted by molar-refractivity contribution is -0.116. The molecule has 5 nitrogen and oxygen atoms in total. The second kappa shape index (κ2) is 6.33. The van der Waals surface area contributed by atoms with Gasteiger partial charge in [-0.3, -0.25) is 9.89 Å². The molecule has 24 heavy (non-hydrogen) atoms. The summed E-state index contributed by atoms with van der Waals surface area (Å²) in [5, 5.41) is 11.8. The summed E-state index contributed by atoms with van der Waals surface area (Å²) in [4.78, 5) is 15.8. The average Bonchev–Trinajstić information content (AvgIpc) is 3.20. The number of benzene rings is 2. The van der Waals surface area contributed by atoms with Gasteiger partial charge < -0.3 is 5.32 Å². The fourth-order valence-corrected chi connectivity index (χ4v) is 3.19. The van der Waals surface area contributed by atoms with Crippen molar-refractivity contribution in [2.45, 2.75) is 0 Å². The van der Waals surface area contributed by atoms with Crippen LogP contribution in [0.4, 0.5) is 5.69 Å². The Kier molecular flexibility index (Phi) is 3.88. The Bertz CT molecular complexity index is 974. The standard InChI is InChI=1S/C18H14N4OS/c23-17-11-24-18(20-17)19-14-7-3-1-5-12(14)9-10-16-13-6-2-4-8-15(13)21-22-16/h1-10H,11H2,(H,21,22)(H,19,20,23)/b10-9+. The fraction of sp³-hybridized carbons (Fsp3) is 0.0556. The van der Waals surface area contributed by atoms with E-state index in [1.54, 1.807) is 0 Å². The minimum atomic E-state index is -0.00485. The number of carbonyl (C=O) groups excluding carboxylic acids is 1. The predicted octanol–water partition coefficient (Wildman–Crippen LogP) is 3.58. The van der Waals surface area contributed by atoms with Gasteiger partial charge in [-0.05, 0) is 18.2 Å². The number of amidine groups is 1. The van der Waals surface area contributed by atoms with Gasteiger partial charge in [0, 0.05) is 10.9 Å². The number of aliphatic imine (C=N–C) groups is 1. The summed E-state index contributed by atoms with van der Waals surface area (Å²) in [5.41, 5.74) is 3.68. The van der Waals surface area contributed by atoms with E-state index in [-0.39, 0.29) is 5.91 Å². The molecule has 2 N–H and O–H groups in total. The van der Waals surface area contributed by atoms with E-state index in [4.69, 9.17) is 0 Å². The van der Waals surface area contributed by atoms with Crippen molar-refractivity contribution in [1.29, 1.82) is 0 Å². The number of hydrogen-bond acceptors (Lipinski definition) is 4. The van der Waals surface area contributed by atoms with Gasteiger partial charge in [-0.15, -0.1) is 0 Å². The van der Waals surface area contributed by atoms with Crippen molar-refractivity contribution < 1.29 is 4.79 Å². The number of aromatic nitrogens is 2. The third-order valence-electron chi connectivity index (χ3n) is 3.67. The number of nitrogens with zero attached hydrogens (tertiary/aromatic N) is 2. The van der Waals surface area contributed by atoms with E-state index in [1.807, 2.05) is 60.7 Å². The molecule has 1 saturated heterocycles. The molecule has 2 heterocycles. The Balaban J connectivity index is 1.66. The molecular formula is C18H14N4OS. The Morgan fingerprint density at radius 2 is 1.92 bits per heavy atom. The van der Waals surface area contributed by atoms with E-state index < -0.39 is 0 Å². The van der Waals surface area contributed by atoms with Crippen molar-refractivity contribution >= 4 is 51.6 Å². The lowest BCUT2D eigenvalue weighted by Crippen LogP contribution is -2.19. The Morgan fingerprint density at radius 3 is 2.79 bits per heavy atom. The summed E-state index contributed by atoms with van der Waals surface area (Å²) in [6.45, 7) is 0. The van der Waals surface area contributed by atoms with Crippen LogP contribution in [0.2, 0.25) is 0 Å². The molecule has 1 aromatic heterocycles. The highest BCUT2D eigenvalue weighted by molar-refractivity contribution is 8.15. The van der Waals surface area contributed by atoms with Crippen molar-refractivity contribution in [2.24, 2.45) is 4.99 Å². The molecule has 3 aromatic rings. The van der Waals surface area contributed by atoms with Gasteiger partial charge in [-0.25, -0.2) is 4.99 Å². The van der Waals surface area contributed by atoms with Crippen LogP contribution < -0.4 is 5.32 Å². The molecule has 0 unspecified atom stereocenters. The number of H-pyrrole nitrogens is 1. The third-order valence-corrected chi connectivity index (χ3v) is 4.54. The third kappa shape index (κ3) is 2.96. The largest absolute Gasteiger partial charge is 0.304 e. The molecule has 1 aliphatic rings. The summed E-state index contributed by atoms with van der Waals surface area (Å²) in [6.07, 6.45) is 3.96. The van der Waals surface area contributed by atoms with Crippen LogP contribution in [-0.4, -0.2) is 27.0 Å². The molecule has 118 valence electrons. The van der Waals surface area contributed by atoms with Crippen molar-refractivity contribution in [2.75, 3.05) is 5.75 Å². The highest BCUT2D eigenvalue weighted by atomic mass is 32.2. The molecule has 4 rings (SSSR count). The lowest BCUT2D eigenvalue weighted by atomic mass is 10.1. The van der Waals surface area contributed by atoms with Gasteiger partial charge in [0.15, 0.2) is 5.17 Å². The molecule has 2 aromatic carbocycles. The van der Waals surface area contributed by atoms with E-state index in [1.165, 1.54) is 11.8 Å². The molecule has 6 heteroatoms. The Hall–Kier alpha value is -2.86. The lowest BCUT2D eigenvalue weighted by Gasteiger charge is -2.01. The zero-order valence-corrected chi connectivity index (χ0v) is 13.5. The van der Waals surface area contributed by atoms with Crippen LogP contribution in [0.15, 0.2) is 53.5 Å². The van der Waals surface area contributed by atoms with Gasteiger partial charge in [0.1, 0.15) is 0 Å². The maximum Gasteiger partial charge on any atom is 0.236 e. The van der Waals surface area contributed by atoms with E-state index in [9.17, 15) is 4.79 Å². The zero-order chi connectivity index (χ0) is 16.4. The van der Waals surface area contributed by atoms with Gasteiger partial charge in [-0.1, -0.05) is 54.2 Å². The molecule has 0 atom stereocenters. The minimum absolute atomic E-state index is 0.00485. The van der Waals surface area contributed by atoms with Crippen LogP contribution in [0.3, 0.4) is 0 Å². The van der Waals surface area contributed by atoms with Crippen molar-refractivity contribution in [3.05, 3.63) is 59.8 Å². The highest BCUT2D eigenvalue weighted by Crippen LogP contribution is 2.25. The number of nitrogens with one attached hydrogen (secondary N) is 2. The van der Waals surface area contributed by atoms with Crippen LogP contribution >= 0.6 is 11.8 Å². The summed E-state index contributed by atoms with van der Waals surface area (Å²) >= 11 is 1.42. The molecular weight excluding hydrogens is 320 g/mol. The number of aromatic amines is 1. The van der Waals surface area contributed by atoms with Crippen molar-refractivity contribution in [3.8, 4) is 0 Å². The molecule has 0 saturated carbocycles. The summed E-state index contributed by atoms with van der Waals surface area (Å²) in [5.74, 6) is 0.422. The second-order valence-corrected chi connectivity index (χ2v) is 6.26. The maximum atomic E-state index is 11.3. The molecule has 1 aliphatic heterocycles. The summed E-state index contributed by atoms with van der Waals surface area (Å²) < 4.78 is 0. The zero-order valence-electron chi connectivity index (χ0n) is 12.7. The summed E-state index contributed by atoms with van der Waals surface area (Å²) in [7, 11) is 0. The normalized spacial score (nSPS) is 16.3. The highest BCUT2D eigenvalue weighted by Gasteiger charge is 2.16. The second-order valence-electron chi connectivity index (χ2n) is 5.30. The first kappa shape index (κ1) is 14.7. The molecule has 1 amide bonds. The quantitative estimate of drug-likeness (QED) is 0.769. The first-order valence-corrected chi connectivity index (χ1v) is 8.50. The SMILES string of the molecule is O=C1CSC(=Nc2ccccc2/C=C/c2n[nH]c3ccccc23)N1. The molecule has 0 aliphatic carbocycles. The number of thioether (sulfide) groups is 1. The number of fused-ring (bicyclic) bond motifs is 1.